The van der Waals surface area contributed by atoms with Crippen molar-refractivity contribution in [2.24, 2.45) is 4.99 Å². The highest BCUT2D eigenvalue weighted by Gasteiger charge is 2.57. The largest absolute Gasteiger partial charge is 0.494 e. The average Bonchev–Trinajstić information content (AvgIpc) is 3.30. The lowest BCUT2D eigenvalue weighted by atomic mass is 9.80. The second-order valence-electron chi connectivity index (χ2n) is 8.73. The van der Waals surface area contributed by atoms with Gasteiger partial charge in [0.25, 0.3) is 5.91 Å². The van der Waals surface area contributed by atoms with E-state index < -0.39 is 11.6 Å². The van der Waals surface area contributed by atoms with Gasteiger partial charge in [-0.25, -0.2) is 4.99 Å². The summed E-state index contributed by atoms with van der Waals surface area (Å²) in [6.45, 7) is 0.540. The number of ether oxygens (including phenoxy) is 2. The SMILES string of the molecule is CN1C(=O)[C@]2(C/C=C/c3ccccc3)N=C(c3ccc(OCCCO)cc3)O[C@@H]2c2ccccc21. The Morgan fingerprint density at radius 3 is 2.57 bits per heavy atom. The fourth-order valence-corrected chi connectivity index (χ4v) is 4.63. The first-order chi connectivity index (χ1) is 17.1. The Balaban J connectivity index is 1.49. The molecule has 0 aromatic heterocycles. The second-order valence-corrected chi connectivity index (χ2v) is 8.73. The lowest BCUT2D eigenvalue weighted by Gasteiger charge is -2.39. The van der Waals surface area contributed by atoms with Crippen molar-refractivity contribution < 1.29 is 19.4 Å². The number of fused-ring (bicyclic) bond motifs is 3. The number of amides is 1. The minimum absolute atomic E-state index is 0.0853. The number of nitrogens with zero attached hydrogens (tertiary/aromatic N) is 2. The molecule has 0 saturated heterocycles. The van der Waals surface area contributed by atoms with E-state index in [1.807, 2.05) is 91.0 Å². The normalized spacial score (nSPS) is 20.9. The lowest BCUT2D eigenvalue weighted by molar-refractivity contribution is -0.126. The number of benzene rings is 3. The number of hydrogen-bond donors (Lipinski definition) is 1. The predicted octanol–water partition coefficient (Wildman–Crippen LogP) is 4.78. The lowest BCUT2D eigenvalue weighted by Crippen LogP contribution is -2.52. The van der Waals surface area contributed by atoms with Crippen molar-refractivity contribution in [2.75, 3.05) is 25.2 Å². The first kappa shape index (κ1) is 22.9. The molecule has 0 saturated carbocycles. The van der Waals surface area contributed by atoms with Crippen LogP contribution in [0.3, 0.4) is 0 Å². The number of carbonyl (C=O) groups excluding carboxylic acids is 1. The van der Waals surface area contributed by atoms with Crippen molar-refractivity contribution in [1.29, 1.82) is 0 Å². The standard InChI is InChI=1S/C29H28N2O4/c1-31-25-13-6-5-12-24(25)26-29(28(31)33,18-7-11-21-9-3-2-4-10-21)30-27(35-26)22-14-16-23(17-15-22)34-20-8-19-32/h2-7,9-17,26,32H,8,18-20H2,1H3/b11-7+/t26-,29-/m1/s1. The highest BCUT2D eigenvalue weighted by Crippen LogP contribution is 2.50. The van der Waals surface area contributed by atoms with Crippen LogP contribution in [0.5, 0.6) is 5.75 Å². The number of carbonyl (C=O) groups is 1. The second kappa shape index (κ2) is 9.76. The van der Waals surface area contributed by atoms with Crippen LogP contribution in [0.2, 0.25) is 0 Å². The van der Waals surface area contributed by atoms with Gasteiger partial charge < -0.3 is 19.5 Å². The number of aliphatic imine (C=N–C) groups is 1. The van der Waals surface area contributed by atoms with E-state index in [-0.39, 0.29) is 12.5 Å². The van der Waals surface area contributed by atoms with Crippen LogP contribution in [0.15, 0.2) is 89.9 Å². The van der Waals surface area contributed by atoms with E-state index in [0.29, 0.717) is 31.1 Å². The molecule has 1 N–H and O–H groups in total. The van der Waals surface area contributed by atoms with Crippen LogP contribution >= 0.6 is 0 Å². The molecule has 6 heteroatoms. The summed E-state index contributed by atoms with van der Waals surface area (Å²) in [7, 11) is 1.80. The van der Waals surface area contributed by atoms with Crippen LogP contribution in [0, 0.1) is 0 Å². The molecule has 0 radical (unpaired) electrons. The quantitative estimate of drug-likeness (QED) is 0.483. The maximum Gasteiger partial charge on any atom is 0.259 e. The summed E-state index contributed by atoms with van der Waals surface area (Å²) in [5.41, 5.74) is 2.56. The van der Waals surface area contributed by atoms with Gasteiger partial charge in [0, 0.05) is 37.6 Å². The molecular weight excluding hydrogens is 440 g/mol. The van der Waals surface area contributed by atoms with E-state index in [1.54, 1.807) is 11.9 Å². The molecule has 6 nitrogen and oxygen atoms in total. The van der Waals surface area contributed by atoms with Gasteiger partial charge >= 0.3 is 0 Å². The Morgan fingerprint density at radius 2 is 1.80 bits per heavy atom. The number of rotatable bonds is 8. The van der Waals surface area contributed by atoms with Crippen LogP contribution in [0.4, 0.5) is 5.69 Å². The van der Waals surface area contributed by atoms with Gasteiger partial charge in [-0.05, 0) is 35.9 Å². The Labute approximate surface area is 205 Å². The maximum absolute atomic E-state index is 13.8. The van der Waals surface area contributed by atoms with Gasteiger partial charge in [-0.2, -0.15) is 0 Å². The van der Waals surface area contributed by atoms with Crippen LogP contribution in [0.25, 0.3) is 6.08 Å². The molecule has 2 heterocycles. The van der Waals surface area contributed by atoms with Gasteiger partial charge in [0.05, 0.1) is 12.3 Å². The molecule has 0 bridgehead atoms. The zero-order valence-corrected chi connectivity index (χ0v) is 19.6. The molecule has 3 aromatic rings. The molecule has 2 atom stereocenters. The van der Waals surface area contributed by atoms with Crippen LogP contribution in [0.1, 0.15) is 35.6 Å². The molecule has 3 aromatic carbocycles. The van der Waals surface area contributed by atoms with E-state index in [4.69, 9.17) is 19.6 Å². The summed E-state index contributed by atoms with van der Waals surface area (Å²) in [6.07, 6.45) is 4.50. The molecule has 0 aliphatic carbocycles. The average molecular weight is 469 g/mol. The molecule has 2 aliphatic rings. The van der Waals surface area contributed by atoms with E-state index in [2.05, 4.69) is 0 Å². The molecular formula is C29H28N2O4. The van der Waals surface area contributed by atoms with Crippen molar-refractivity contribution >= 4 is 23.6 Å². The van der Waals surface area contributed by atoms with Gasteiger partial charge in [0.15, 0.2) is 11.6 Å². The molecule has 0 spiro atoms. The van der Waals surface area contributed by atoms with E-state index in [1.165, 1.54) is 0 Å². The summed E-state index contributed by atoms with van der Waals surface area (Å²) < 4.78 is 12.1. The highest BCUT2D eigenvalue weighted by atomic mass is 16.5. The monoisotopic (exact) mass is 468 g/mol. The van der Waals surface area contributed by atoms with Crippen molar-refractivity contribution in [3.05, 3.63) is 102 Å². The number of anilines is 1. The maximum atomic E-state index is 13.8. The highest BCUT2D eigenvalue weighted by molar-refractivity contribution is 6.08. The molecule has 5 rings (SSSR count). The van der Waals surface area contributed by atoms with Gasteiger partial charge in [0.2, 0.25) is 5.90 Å². The summed E-state index contributed by atoms with van der Waals surface area (Å²) >= 11 is 0. The van der Waals surface area contributed by atoms with E-state index in [0.717, 1.165) is 22.4 Å². The number of para-hydroxylation sites is 1. The van der Waals surface area contributed by atoms with Crippen molar-refractivity contribution in [3.63, 3.8) is 0 Å². The molecule has 2 aliphatic heterocycles. The number of hydrogen-bond acceptors (Lipinski definition) is 5. The zero-order chi connectivity index (χ0) is 24.3. The smallest absolute Gasteiger partial charge is 0.259 e. The summed E-state index contributed by atoms with van der Waals surface area (Å²) in [5, 5.41) is 8.95. The van der Waals surface area contributed by atoms with Crippen LogP contribution in [-0.4, -0.2) is 42.7 Å². The third kappa shape index (κ3) is 4.33. The van der Waals surface area contributed by atoms with E-state index in [9.17, 15) is 4.79 Å². The summed E-state index contributed by atoms with van der Waals surface area (Å²) in [4.78, 5) is 20.4. The van der Waals surface area contributed by atoms with Crippen molar-refractivity contribution in [3.8, 4) is 5.75 Å². The topological polar surface area (TPSA) is 71.4 Å². The van der Waals surface area contributed by atoms with Gasteiger partial charge in [-0.15, -0.1) is 0 Å². The van der Waals surface area contributed by atoms with Crippen LogP contribution < -0.4 is 9.64 Å². The molecule has 1 amide bonds. The fraction of sp³-hybridized carbons (Fsp3) is 0.241. The van der Waals surface area contributed by atoms with Gasteiger partial charge in [-0.3, -0.25) is 4.79 Å². The Kier molecular flexibility index (Phi) is 6.38. The van der Waals surface area contributed by atoms with Crippen molar-refractivity contribution in [2.45, 2.75) is 24.5 Å². The molecule has 0 unspecified atom stereocenters. The minimum atomic E-state index is -1.08. The first-order valence-corrected chi connectivity index (χ1v) is 11.8. The predicted molar refractivity (Wildman–Crippen MR) is 137 cm³/mol. The minimum Gasteiger partial charge on any atom is -0.494 e. The Hall–Kier alpha value is -3.90. The third-order valence-corrected chi connectivity index (χ3v) is 6.43. The molecule has 178 valence electrons. The molecule has 35 heavy (non-hydrogen) atoms. The third-order valence-electron chi connectivity index (χ3n) is 6.43. The zero-order valence-electron chi connectivity index (χ0n) is 19.6. The van der Waals surface area contributed by atoms with E-state index >= 15 is 0 Å². The summed E-state index contributed by atoms with van der Waals surface area (Å²) in [5.74, 6) is 1.07. The number of aliphatic hydroxyl groups excluding tert-OH is 1. The van der Waals surface area contributed by atoms with Gasteiger partial charge in [-0.1, -0.05) is 60.7 Å². The van der Waals surface area contributed by atoms with Crippen molar-refractivity contribution in [1.82, 2.24) is 0 Å². The number of likely N-dealkylation sites (N-methyl/N-ethyl adjacent to an activating group) is 1. The van der Waals surface area contributed by atoms with Gasteiger partial charge in [0.1, 0.15) is 5.75 Å². The Morgan fingerprint density at radius 1 is 1.06 bits per heavy atom. The summed E-state index contributed by atoms with van der Waals surface area (Å²) in [6, 6.07) is 25.3. The fourth-order valence-electron chi connectivity index (χ4n) is 4.63. The molecule has 0 fully saturated rings. The Bertz CT molecular complexity index is 1250. The van der Waals surface area contributed by atoms with Crippen LogP contribution in [-0.2, 0) is 9.53 Å². The number of aliphatic hydroxyl groups is 1. The first-order valence-electron chi connectivity index (χ1n) is 11.8.